The van der Waals surface area contributed by atoms with E-state index in [9.17, 15) is 9.59 Å². The van der Waals surface area contributed by atoms with Crippen LogP contribution in [0, 0.1) is 0 Å². The van der Waals surface area contributed by atoms with Crippen molar-refractivity contribution < 1.29 is 14.3 Å². The summed E-state index contributed by atoms with van der Waals surface area (Å²) >= 11 is 0. The van der Waals surface area contributed by atoms with Gasteiger partial charge in [-0.2, -0.15) is 4.98 Å². The summed E-state index contributed by atoms with van der Waals surface area (Å²) in [5.74, 6) is 0.233. The molecule has 0 bridgehead atoms. The zero-order valence-electron chi connectivity index (χ0n) is 20.1. The second-order valence-electron chi connectivity index (χ2n) is 8.52. The number of hydrogen-bond acceptors (Lipinski definition) is 7. The molecule has 1 saturated heterocycles. The van der Waals surface area contributed by atoms with Gasteiger partial charge in [-0.05, 0) is 36.8 Å². The van der Waals surface area contributed by atoms with Gasteiger partial charge in [0.15, 0.2) is 0 Å². The highest BCUT2D eigenvalue weighted by Crippen LogP contribution is 2.24. The number of carbonyl (C=O) groups excluding carboxylic acids is 2. The Morgan fingerprint density at radius 1 is 1.09 bits per heavy atom. The van der Waals surface area contributed by atoms with Crippen molar-refractivity contribution in [3.05, 3.63) is 42.2 Å². The van der Waals surface area contributed by atoms with Crippen LogP contribution < -0.4 is 10.2 Å². The maximum Gasteiger partial charge on any atom is 0.354 e. The van der Waals surface area contributed by atoms with Crippen LogP contribution in [0.15, 0.2) is 36.5 Å². The molecule has 1 aliphatic rings. The molecule has 0 saturated carbocycles. The van der Waals surface area contributed by atoms with Crippen molar-refractivity contribution in [2.75, 3.05) is 43.5 Å². The lowest BCUT2D eigenvalue weighted by atomic mass is 10.2. The number of piperazine rings is 1. The van der Waals surface area contributed by atoms with Crippen LogP contribution in [0.3, 0.4) is 0 Å². The van der Waals surface area contributed by atoms with E-state index in [4.69, 9.17) is 9.72 Å². The van der Waals surface area contributed by atoms with E-state index in [0.717, 1.165) is 62.2 Å². The van der Waals surface area contributed by atoms with E-state index in [1.165, 1.54) is 7.11 Å². The molecule has 3 aromatic rings. The first-order valence-corrected chi connectivity index (χ1v) is 11.8. The van der Waals surface area contributed by atoms with Gasteiger partial charge in [0.25, 0.3) is 0 Å². The molecule has 0 aliphatic carbocycles. The molecule has 1 aromatic carbocycles. The first-order valence-electron chi connectivity index (χ1n) is 11.8. The number of methoxy groups -OCH3 is 1. The largest absolute Gasteiger partial charge is 0.464 e. The average Bonchev–Trinajstić information content (AvgIpc) is 3.22. The van der Waals surface area contributed by atoms with Gasteiger partial charge < -0.3 is 24.4 Å². The highest BCUT2D eigenvalue weighted by Gasteiger charge is 2.19. The third kappa shape index (κ3) is 5.13. The van der Waals surface area contributed by atoms with Crippen molar-refractivity contribution >= 4 is 40.2 Å². The molecule has 0 radical (unpaired) electrons. The normalized spacial score (nSPS) is 13.9. The fourth-order valence-corrected chi connectivity index (χ4v) is 4.28. The Bertz CT molecular complexity index is 1150. The number of unbranched alkanes of at least 4 members (excludes halogenated alkanes) is 2. The molecule has 3 heterocycles. The second-order valence-corrected chi connectivity index (χ2v) is 8.52. The predicted molar refractivity (Wildman–Crippen MR) is 133 cm³/mol. The summed E-state index contributed by atoms with van der Waals surface area (Å²) in [5.41, 5.74) is 3.21. The quantitative estimate of drug-likeness (QED) is 0.400. The number of amides is 1. The molecule has 4 rings (SSSR count). The van der Waals surface area contributed by atoms with Crippen molar-refractivity contribution in [3.63, 3.8) is 0 Å². The Morgan fingerprint density at radius 2 is 1.82 bits per heavy atom. The van der Waals surface area contributed by atoms with E-state index >= 15 is 0 Å². The molecule has 9 heteroatoms. The minimum atomic E-state index is -0.372. The number of fused-ring (bicyclic) bond motifs is 1. The van der Waals surface area contributed by atoms with Crippen LogP contribution in [0.4, 0.5) is 17.3 Å². The summed E-state index contributed by atoms with van der Waals surface area (Å²) in [4.78, 5) is 37.1. The Morgan fingerprint density at radius 3 is 2.47 bits per heavy atom. The molecular formula is C25H32N6O3. The fraction of sp³-hybridized carbons (Fsp3) is 0.440. The van der Waals surface area contributed by atoms with Crippen LogP contribution >= 0.6 is 0 Å². The highest BCUT2D eigenvalue weighted by atomic mass is 16.5. The number of nitrogens with zero attached hydrogens (tertiary/aromatic N) is 5. The van der Waals surface area contributed by atoms with E-state index in [1.54, 1.807) is 19.2 Å². The topological polar surface area (TPSA) is 92.6 Å². The number of carbonyl (C=O) groups is 2. The van der Waals surface area contributed by atoms with Crippen molar-refractivity contribution in [1.29, 1.82) is 0 Å². The lowest BCUT2D eigenvalue weighted by Crippen LogP contribution is -2.48. The lowest BCUT2D eigenvalue weighted by molar-refractivity contribution is -0.129. The van der Waals surface area contributed by atoms with E-state index in [0.29, 0.717) is 23.8 Å². The fourth-order valence-electron chi connectivity index (χ4n) is 4.28. The van der Waals surface area contributed by atoms with Crippen LogP contribution in [0.2, 0.25) is 0 Å². The van der Waals surface area contributed by atoms with E-state index in [-0.39, 0.29) is 11.9 Å². The van der Waals surface area contributed by atoms with Crippen molar-refractivity contribution in [1.82, 2.24) is 19.4 Å². The molecule has 2 aromatic heterocycles. The molecule has 1 N–H and O–H groups in total. The van der Waals surface area contributed by atoms with Crippen molar-refractivity contribution in [2.24, 2.45) is 0 Å². The van der Waals surface area contributed by atoms with Crippen molar-refractivity contribution in [2.45, 2.75) is 39.7 Å². The number of benzene rings is 1. The minimum absolute atomic E-state index is 0.131. The number of aromatic nitrogens is 3. The SMILES string of the molecule is CCCCCn1c(C(=O)OC)cc2cnc(Nc3ccc(N4CCN(C(C)=O)CC4)cc3)nc21. The number of anilines is 3. The van der Waals surface area contributed by atoms with Crippen LogP contribution in [-0.4, -0.2) is 64.6 Å². The van der Waals surface area contributed by atoms with Gasteiger partial charge in [0.1, 0.15) is 11.3 Å². The third-order valence-corrected chi connectivity index (χ3v) is 6.23. The summed E-state index contributed by atoms with van der Waals surface area (Å²) in [5, 5.41) is 4.08. The maximum atomic E-state index is 12.3. The van der Waals surface area contributed by atoms with Crippen LogP contribution in [0.1, 0.15) is 43.6 Å². The number of hydrogen-bond donors (Lipinski definition) is 1. The first kappa shape index (κ1) is 23.5. The Labute approximate surface area is 199 Å². The smallest absolute Gasteiger partial charge is 0.354 e. The molecule has 34 heavy (non-hydrogen) atoms. The molecule has 1 amide bonds. The van der Waals surface area contributed by atoms with Gasteiger partial charge in [-0.1, -0.05) is 19.8 Å². The summed E-state index contributed by atoms with van der Waals surface area (Å²) in [6.45, 7) is 7.60. The lowest BCUT2D eigenvalue weighted by Gasteiger charge is -2.35. The summed E-state index contributed by atoms with van der Waals surface area (Å²) in [7, 11) is 1.39. The second kappa shape index (κ2) is 10.5. The molecule has 180 valence electrons. The maximum absolute atomic E-state index is 12.3. The predicted octanol–water partition coefficient (Wildman–Crippen LogP) is 3.82. The minimum Gasteiger partial charge on any atom is -0.464 e. The molecule has 1 fully saturated rings. The molecule has 0 unspecified atom stereocenters. The number of ether oxygens (including phenoxy) is 1. The van der Waals surface area contributed by atoms with E-state index < -0.39 is 0 Å². The molecule has 9 nitrogen and oxygen atoms in total. The summed E-state index contributed by atoms with van der Waals surface area (Å²) in [6, 6.07) is 9.92. The van der Waals surface area contributed by atoms with Gasteiger partial charge in [0.2, 0.25) is 11.9 Å². The molecule has 0 spiro atoms. The molecular weight excluding hydrogens is 432 g/mol. The number of aryl methyl sites for hydroxylation is 1. The Kier molecular flexibility index (Phi) is 7.30. The van der Waals surface area contributed by atoms with Gasteiger partial charge in [0.05, 0.1) is 7.11 Å². The van der Waals surface area contributed by atoms with Gasteiger partial charge >= 0.3 is 5.97 Å². The van der Waals surface area contributed by atoms with Gasteiger partial charge in [-0.3, -0.25) is 4.79 Å². The average molecular weight is 465 g/mol. The highest BCUT2D eigenvalue weighted by molar-refractivity contribution is 5.94. The van der Waals surface area contributed by atoms with Crippen LogP contribution in [0.5, 0.6) is 0 Å². The summed E-state index contributed by atoms with van der Waals surface area (Å²) < 4.78 is 6.89. The zero-order valence-corrected chi connectivity index (χ0v) is 20.1. The number of rotatable bonds is 8. The van der Waals surface area contributed by atoms with Crippen molar-refractivity contribution in [3.8, 4) is 0 Å². The number of nitrogens with one attached hydrogen (secondary N) is 1. The Balaban J connectivity index is 1.50. The Hall–Kier alpha value is -3.62. The molecule has 1 aliphatic heterocycles. The zero-order chi connectivity index (χ0) is 24.1. The standard InChI is InChI=1S/C25H32N6O3/c1-4-5-6-11-31-22(24(33)34-3)16-19-17-26-25(28-23(19)31)27-20-7-9-21(10-8-20)30-14-12-29(13-15-30)18(2)32/h7-10,16-17H,4-6,11-15H2,1-3H3,(H,26,27,28). The third-order valence-electron chi connectivity index (χ3n) is 6.23. The van der Waals surface area contributed by atoms with Gasteiger partial charge in [-0.25, -0.2) is 9.78 Å². The van der Waals surface area contributed by atoms with E-state index in [2.05, 4.69) is 34.3 Å². The summed E-state index contributed by atoms with van der Waals surface area (Å²) in [6.07, 6.45) is 4.86. The van der Waals surface area contributed by atoms with E-state index in [1.807, 2.05) is 21.6 Å². The first-order chi connectivity index (χ1) is 16.5. The number of esters is 1. The van der Waals surface area contributed by atoms with Gasteiger partial charge in [-0.15, -0.1) is 0 Å². The van der Waals surface area contributed by atoms with Gasteiger partial charge in [0, 0.05) is 62.6 Å². The monoisotopic (exact) mass is 464 g/mol. The molecule has 0 atom stereocenters. The van der Waals surface area contributed by atoms with Crippen LogP contribution in [-0.2, 0) is 16.1 Å². The van der Waals surface area contributed by atoms with Crippen LogP contribution in [0.25, 0.3) is 11.0 Å².